The van der Waals surface area contributed by atoms with Crippen LogP contribution in [0.15, 0.2) is 66.0 Å². The fourth-order valence-electron chi connectivity index (χ4n) is 4.08. The maximum atomic E-state index is 13.3. The predicted octanol–water partition coefficient (Wildman–Crippen LogP) is 4.15. The van der Waals surface area contributed by atoms with Crippen molar-refractivity contribution in [2.45, 2.75) is 32.4 Å². The molecule has 2 unspecified atom stereocenters. The highest BCUT2D eigenvalue weighted by Gasteiger charge is 2.42. The summed E-state index contributed by atoms with van der Waals surface area (Å²) in [7, 11) is 0. The molecule has 0 bridgehead atoms. The van der Waals surface area contributed by atoms with E-state index in [9.17, 15) is 14.4 Å². The van der Waals surface area contributed by atoms with Crippen LogP contribution < -0.4 is 15.4 Å². The van der Waals surface area contributed by atoms with E-state index in [1.807, 2.05) is 54.8 Å². The van der Waals surface area contributed by atoms with Crippen molar-refractivity contribution >= 4 is 34.8 Å². The summed E-state index contributed by atoms with van der Waals surface area (Å²) >= 11 is 1.52. The Bertz CT molecular complexity index is 1160. The van der Waals surface area contributed by atoms with Crippen LogP contribution in [0.25, 0.3) is 0 Å². The standard InChI is InChI=1S/C26H26N2O5S/c1-17-7-9-19(10-8-17)28-24(30)12-11-21(25(28)22-6-3-13-34-22)26(31)33-15-18-4-2-5-20(14-18)32-16-23(27)29/h2-10,13-14,21,25H,11-12,15-16H2,1H3,(H2,27,29). The van der Waals surface area contributed by atoms with Crippen LogP contribution in [-0.4, -0.2) is 24.4 Å². The first kappa shape index (κ1) is 23.5. The number of aryl methyl sites for hydroxylation is 1. The first-order valence-electron chi connectivity index (χ1n) is 11.0. The normalized spacial score (nSPS) is 17.9. The Morgan fingerprint density at radius 2 is 1.91 bits per heavy atom. The number of nitrogens with zero attached hydrogens (tertiary/aromatic N) is 1. The van der Waals surface area contributed by atoms with E-state index < -0.39 is 17.9 Å². The molecule has 4 rings (SSSR count). The van der Waals surface area contributed by atoms with Crippen LogP contribution in [0.2, 0.25) is 0 Å². The Morgan fingerprint density at radius 1 is 1.12 bits per heavy atom. The van der Waals surface area contributed by atoms with Crippen molar-refractivity contribution in [3.63, 3.8) is 0 Å². The SMILES string of the molecule is Cc1ccc(N2C(=O)CCC(C(=O)OCc3cccc(OCC(N)=O)c3)C2c2cccs2)cc1. The maximum absolute atomic E-state index is 13.3. The summed E-state index contributed by atoms with van der Waals surface area (Å²) in [5.74, 6) is -0.955. The summed E-state index contributed by atoms with van der Waals surface area (Å²) in [5.41, 5.74) is 7.71. The minimum atomic E-state index is -0.568. The molecule has 0 aliphatic carbocycles. The highest BCUT2D eigenvalue weighted by molar-refractivity contribution is 7.10. The van der Waals surface area contributed by atoms with Crippen molar-refractivity contribution < 1.29 is 23.9 Å². The molecule has 34 heavy (non-hydrogen) atoms. The highest BCUT2D eigenvalue weighted by atomic mass is 32.1. The number of carbonyl (C=O) groups is 3. The van der Waals surface area contributed by atoms with Gasteiger partial charge in [-0.3, -0.25) is 14.4 Å². The van der Waals surface area contributed by atoms with Crippen molar-refractivity contribution in [2.24, 2.45) is 11.7 Å². The molecule has 7 nitrogen and oxygen atoms in total. The molecular formula is C26H26N2O5S. The molecule has 0 radical (unpaired) electrons. The second-order valence-corrected chi connectivity index (χ2v) is 9.19. The second kappa shape index (κ2) is 10.5. The molecule has 2 aromatic carbocycles. The Hall–Kier alpha value is -3.65. The summed E-state index contributed by atoms with van der Waals surface area (Å²) in [5, 5.41) is 1.95. The van der Waals surface area contributed by atoms with Crippen molar-refractivity contribution in [3.05, 3.63) is 82.0 Å². The smallest absolute Gasteiger partial charge is 0.311 e. The summed E-state index contributed by atoms with van der Waals surface area (Å²) < 4.78 is 11.0. The molecule has 2 atom stereocenters. The molecule has 2 N–H and O–H groups in total. The number of esters is 1. The minimum absolute atomic E-state index is 0.00870. The summed E-state index contributed by atoms with van der Waals surface area (Å²) in [4.78, 5) is 39.9. The molecule has 1 aliphatic rings. The van der Waals surface area contributed by atoms with Gasteiger partial charge in [0.25, 0.3) is 5.91 Å². The van der Waals surface area contributed by atoms with Gasteiger partial charge in [0.15, 0.2) is 6.61 Å². The first-order chi connectivity index (χ1) is 16.4. The van der Waals surface area contributed by atoms with Crippen LogP contribution >= 0.6 is 11.3 Å². The summed E-state index contributed by atoms with van der Waals surface area (Å²) in [6, 6.07) is 18.2. The van der Waals surface area contributed by atoms with E-state index in [0.29, 0.717) is 12.2 Å². The Morgan fingerprint density at radius 3 is 2.62 bits per heavy atom. The molecule has 2 amide bonds. The number of amides is 2. The number of anilines is 1. The summed E-state index contributed by atoms with van der Waals surface area (Å²) in [6.45, 7) is 1.82. The molecule has 0 spiro atoms. The lowest BCUT2D eigenvalue weighted by Gasteiger charge is -2.39. The van der Waals surface area contributed by atoms with E-state index in [0.717, 1.165) is 21.7 Å². The number of nitrogens with two attached hydrogens (primary N) is 1. The van der Waals surface area contributed by atoms with Gasteiger partial charge < -0.3 is 20.1 Å². The fraction of sp³-hybridized carbons (Fsp3) is 0.269. The van der Waals surface area contributed by atoms with Gasteiger partial charge >= 0.3 is 5.97 Å². The lowest BCUT2D eigenvalue weighted by molar-refractivity contribution is -0.152. The van der Waals surface area contributed by atoms with Gasteiger partial charge in [-0.1, -0.05) is 35.9 Å². The number of thiophene rings is 1. The molecule has 2 heterocycles. The molecule has 3 aromatic rings. The number of benzene rings is 2. The van der Waals surface area contributed by atoms with Gasteiger partial charge in [0.1, 0.15) is 12.4 Å². The first-order valence-corrected chi connectivity index (χ1v) is 11.9. The number of hydrogen-bond donors (Lipinski definition) is 1. The largest absolute Gasteiger partial charge is 0.484 e. The molecule has 0 saturated carbocycles. The Kier molecular flexibility index (Phi) is 7.27. The second-order valence-electron chi connectivity index (χ2n) is 8.21. The zero-order chi connectivity index (χ0) is 24.1. The van der Waals surface area contributed by atoms with Crippen molar-refractivity contribution in [2.75, 3.05) is 11.5 Å². The number of ether oxygens (including phenoxy) is 2. The average molecular weight is 479 g/mol. The maximum Gasteiger partial charge on any atom is 0.311 e. The zero-order valence-corrected chi connectivity index (χ0v) is 19.6. The van der Waals surface area contributed by atoms with Gasteiger partial charge in [-0.25, -0.2) is 0 Å². The van der Waals surface area contributed by atoms with Gasteiger partial charge in [-0.05, 0) is 54.6 Å². The minimum Gasteiger partial charge on any atom is -0.484 e. The number of primary amides is 1. The van der Waals surface area contributed by atoms with Gasteiger partial charge in [0.05, 0.1) is 12.0 Å². The van der Waals surface area contributed by atoms with Gasteiger partial charge in [-0.15, -0.1) is 11.3 Å². The van der Waals surface area contributed by atoms with Gasteiger partial charge in [0.2, 0.25) is 5.91 Å². The van der Waals surface area contributed by atoms with E-state index in [4.69, 9.17) is 15.2 Å². The topological polar surface area (TPSA) is 98.9 Å². The lowest BCUT2D eigenvalue weighted by Crippen LogP contribution is -2.45. The monoisotopic (exact) mass is 478 g/mol. The van der Waals surface area contributed by atoms with Crippen LogP contribution in [0.1, 0.15) is 34.9 Å². The number of piperidine rings is 1. The van der Waals surface area contributed by atoms with E-state index in [2.05, 4.69) is 0 Å². The quantitative estimate of drug-likeness (QED) is 0.491. The van der Waals surface area contributed by atoms with Crippen LogP contribution in [0.4, 0.5) is 5.69 Å². The van der Waals surface area contributed by atoms with Crippen LogP contribution in [0.5, 0.6) is 5.75 Å². The lowest BCUT2D eigenvalue weighted by atomic mass is 9.87. The average Bonchev–Trinajstić information content (AvgIpc) is 3.37. The molecule has 1 aromatic heterocycles. The molecular weight excluding hydrogens is 452 g/mol. The zero-order valence-electron chi connectivity index (χ0n) is 18.8. The van der Waals surface area contributed by atoms with Crippen LogP contribution in [-0.2, 0) is 25.7 Å². The third-order valence-corrected chi connectivity index (χ3v) is 6.65. The van der Waals surface area contributed by atoms with Crippen molar-refractivity contribution in [3.8, 4) is 5.75 Å². The van der Waals surface area contributed by atoms with E-state index >= 15 is 0 Å². The van der Waals surface area contributed by atoms with E-state index in [-0.39, 0.29) is 31.5 Å². The van der Waals surface area contributed by atoms with Gasteiger partial charge in [-0.2, -0.15) is 0 Å². The van der Waals surface area contributed by atoms with Crippen molar-refractivity contribution in [1.29, 1.82) is 0 Å². The molecule has 8 heteroatoms. The Balaban J connectivity index is 1.53. The summed E-state index contributed by atoms with van der Waals surface area (Å²) in [6.07, 6.45) is 0.691. The number of rotatable bonds is 8. The molecule has 1 aliphatic heterocycles. The van der Waals surface area contributed by atoms with E-state index in [1.54, 1.807) is 23.1 Å². The Labute approximate surface area is 202 Å². The molecule has 176 valence electrons. The van der Waals surface area contributed by atoms with Crippen LogP contribution in [0.3, 0.4) is 0 Å². The fourth-order valence-corrected chi connectivity index (χ4v) is 4.96. The van der Waals surface area contributed by atoms with Gasteiger partial charge in [0, 0.05) is 17.0 Å². The van der Waals surface area contributed by atoms with Crippen molar-refractivity contribution in [1.82, 2.24) is 0 Å². The molecule has 1 fully saturated rings. The predicted molar refractivity (Wildman–Crippen MR) is 129 cm³/mol. The van der Waals surface area contributed by atoms with Crippen LogP contribution in [0, 0.1) is 12.8 Å². The van der Waals surface area contributed by atoms with E-state index in [1.165, 1.54) is 11.3 Å². The third-order valence-electron chi connectivity index (χ3n) is 5.71. The number of hydrogen-bond acceptors (Lipinski definition) is 6. The third kappa shape index (κ3) is 5.46. The highest BCUT2D eigenvalue weighted by Crippen LogP contribution is 2.42. The molecule has 1 saturated heterocycles. The number of carbonyl (C=O) groups excluding carboxylic acids is 3.